The van der Waals surface area contributed by atoms with Crippen molar-refractivity contribution in [2.75, 3.05) is 39.5 Å². The first-order chi connectivity index (χ1) is 14.5. The summed E-state index contributed by atoms with van der Waals surface area (Å²) in [5, 5.41) is 0.618. The van der Waals surface area contributed by atoms with Crippen molar-refractivity contribution in [3.63, 3.8) is 0 Å². The number of esters is 1. The first-order valence-electron chi connectivity index (χ1n) is 10.7. The van der Waals surface area contributed by atoms with Crippen LogP contribution in [0.4, 0.5) is 0 Å². The Kier molecular flexibility index (Phi) is 6.40. The Labute approximate surface area is 179 Å². The Hall–Kier alpha value is -1.97. The van der Waals surface area contributed by atoms with Crippen LogP contribution in [0.2, 0.25) is 0 Å². The lowest BCUT2D eigenvalue weighted by molar-refractivity contribution is -0.143. The predicted octanol–water partition coefficient (Wildman–Crippen LogP) is 1.24. The summed E-state index contributed by atoms with van der Waals surface area (Å²) in [6, 6.07) is 0. The van der Waals surface area contributed by atoms with E-state index in [0.29, 0.717) is 37.6 Å². The summed E-state index contributed by atoms with van der Waals surface area (Å²) in [6.45, 7) is 8.00. The van der Waals surface area contributed by atoms with Crippen molar-refractivity contribution in [1.29, 1.82) is 0 Å². The van der Waals surface area contributed by atoms with Crippen LogP contribution in [-0.4, -0.2) is 59.5 Å². The van der Waals surface area contributed by atoms with Crippen molar-refractivity contribution in [3.8, 4) is 0 Å². The number of nitrogens with zero attached hydrogens (tertiary/aromatic N) is 3. The third-order valence-electron chi connectivity index (χ3n) is 5.99. The molecule has 2 aliphatic rings. The van der Waals surface area contributed by atoms with Gasteiger partial charge in [0.05, 0.1) is 25.2 Å². The lowest BCUT2D eigenvalue weighted by Crippen LogP contribution is -2.44. The fourth-order valence-corrected chi connectivity index (χ4v) is 5.70. The number of rotatable bonds is 6. The average Bonchev–Trinajstić information content (AvgIpc) is 3.10. The van der Waals surface area contributed by atoms with Crippen LogP contribution in [0.15, 0.2) is 9.59 Å². The third kappa shape index (κ3) is 4.10. The monoisotopic (exact) mass is 435 g/mol. The summed E-state index contributed by atoms with van der Waals surface area (Å²) in [5.74, 6) is -0.0600. The summed E-state index contributed by atoms with van der Waals surface area (Å²) in [5.41, 5.74) is 0.272. The third-order valence-corrected chi connectivity index (χ3v) is 7.31. The molecule has 3 heterocycles. The second kappa shape index (κ2) is 9.03. The molecule has 8 nitrogen and oxygen atoms in total. The normalized spacial score (nSPS) is 19.7. The highest BCUT2D eigenvalue weighted by atomic mass is 32.1. The molecular formula is C21H29N3O5S. The number of fused-ring (bicyclic) bond motifs is 3. The number of hydrogen-bond donors (Lipinski definition) is 0. The molecule has 0 aromatic carbocycles. The van der Waals surface area contributed by atoms with E-state index in [-0.39, 0.29) is 18.7 Å². The van der Waals surface area contributed by atoms with Crippen LogP contribution in [0.25, 0.3) is 10.2 Å². The Morgan fingerprint density at radius 2 is 1.97 bits per heavy atom. The molecular weight excluding hydrogens is 406 g/mol. The van der Waals surface area contributed by atoms with Gasteiger partial charge < -0.3 is 9.47 Å². The van der Waals surface area contributed by atoms with E-state index < -0.39 is 11.7 Å². The summed E-state index contributed by atoms with van der Waals surface area (Å²) in [6.07, 6.45) is 2.87. The van der Waals surface area contributed by atoms with Gasteiger partial charge in [-0.2, -0.15) is 0 Å². The van der Waals surface area contributed by atoms with Crippen LogP contribution in [0.3, 0.4) is 0 Å². The van der Waals surface area contributed by atoms with Crippen LogP contribution in [0.1, 0.15) is 30.7 Å². The predicted molar refractivity (Wildman–Crippen MR) is 115 cm³/mol. The zero-order valence-corrected chi connectivity index (χ0v) is 18.5. The number of carbonyl (C=O) groups excluding carboxylic acids is 1. The molecule has 1 atom stereocenters. The highest BCUT2D eigenvalue weighted by Crippen LogP contribution is 2.36. The minimum Gasteiger partial charge on any atom is -0.465 e. The smallest absolute Gasteiger partial charge is 0.332 e. The molecule has 164 valence electrons. The summed E-state index contributed by atoms with van der Waals surface area (Å²) < 4.78 is 13.2. The zero-order valence-electron chi connectivity index (χ0n) is 17.6. The number of thiophene rings is 1. The molecule has 0 saturated carbocycles. The number of hydrogen-bond acceptors (Lipinski definition) is 7. The lowest BCUT2D eigenvalue weighted by atomic mass is 9.89. The Balaban J connectivity index is 1.80. The minimum absolute atomic E-state index is 0.215. The van der Waals surface area contributed by atoms with E-state index in [0.717, 1.165) is 47.3 Å². The number of ether oxygens (including phenoxy) is 2. The molecule has 30 heavy (non-hydrogen) atoms. The summed E-state index contributed by atoms with van der Waals surface area (Å²) >= 11 is 1.57. The van der Waals surface area contributed by atoms with Gasteiger partial charge in [-0.3, -0.25) is 19.1 Å². The van der Waals surface area contributed by atoms with E-state index in [1.54, 1.807) is 22.8 Å². The fourth-order valence-electron chi connectivity index (χ4n) is 4.35. The number of morpholine rings is 1. The fraction of sp³-hybridized carbons (Fsp3) is 0.667. The van der Waals surface area contributed by atoms with E-state index in [4.69, 9.17) is 9.47 Å². The van der Waals surface area contributed by atoms with Gasteiger partial charge in [0.2, 0.25) is 0 Å². The molecule has 1 aliphatic carbocycles. The number of aromatic nitrogens is 2. The molecule has 1 aliphatic heterocycles. The number of aryl methyl sites for hydroxylation is 1. The SMILES string of the molecule is CCOC(=O)Cn1c(=O)c2c3c(sc2n(CCN2CCOCC2)c1=O)CCC(C)C3. The molecule has 1 unspecified atom stereocenters. The van der Waals surface area contributed by atoms with Crippen molar-refractivity contribution in [3.05, 3.63) is 31.3 Å². The number of carbonyl (C=O) groups is 1. The molecule has 0 amide bonds. The van der Waals surface area contributed by atoms with Gasteiger partial charge in [-0.15, -0.1) is 11.3 Å². The second-order valence-corrected chi connectivity index (χ2v) is 9.20. The Morgan fingerprint density at radius 3 is 2.70 bits per heavy atom. The highest BCUT2D eigenvalue weighted by molar-refractivity contribution is 7.18. The second-order valence-electron chi connectivity index (χ2n) is 8.12. The molecule has 4 rings (SSSR count). The lowest BCUT2D eigenvalue weighted by Gasteiger charge is -2.26. The largest absolute Gasteiger partial charge is 0.465 e. The maximum Gasteiger partial charge on any atom is 0.332 e. The summed E-state index contributed by atoms with van der Waals surface area (Å²) in [7, 11) is 0. The van der Waals surface area contributed by atoms with Gasteiger partial charge in [0.1, 0.15) is 11.4 Å². The molecule has 0 bridgehead atoms. The van der Waals surface area contributed by atoms with Gasteiger partial charge in [-0.25, -0.2) is 9.36 Å². The molecule has 2 aromatic rings. The Bertz CT molecular complexity index is 1050. The zero-order chi connectivity index (χ0) is 21.3. The van der Waals surface area contributed by atoms with Crippen molar-refractivity contribution in [1.82, 2.24) is 14.0 Å². The van der Waals surface area contributed by atoms with Gasteiger partial charge >= 0.3 is 11.7 Å². The van der Waals surface area contributed by atoms with Gasteiger partial charge in [0.25, 0.3) is 5.56 Å². The summed E-state index contributed by atoms with van der Waals surface area (Å²) in [4.78, 5) is 42.9. The van der Waals surface area contributed by atoms with Gasteiger partial charge in [-0.05, 0) is 37.7 Å². The average molecular weight is 436 g/mol. The van der Waals surface area contributed by atoms with E-state index in [9.17, 15) is 14.4 Å². The first kappa shape index (κ1) is 21.3. The van der Waals surface area contributed by atoms with Crippen molar-refractivity contribution < 1.29 is 14.3 Å². The van der Waals surface area contributed by atoms with Crippen LogP contribution >= 0.6 is 11.3 Å². The molecule has 0 spiro atoms. The van der Waals surface area contributed by atoms with Gasteiger partial charge in [0, 0.05) is 31.1 Å². The molecule has 9 heteroatoms. The van der Waals surface area contributed by atoms with Crippen LogP contribution in [0.5, 0.6) is 0 Å². The van der Waals surface area contributed by atoms with Gasteiger partial charge in [0.15, 0.2) is 0 Å². The topological polar surface area (TPSA) is 82.8 Å². The van der Waals surface area contributed by atoms with E-state index in [1.807, 2.05) is 0 Å². The molecule has 1 saturated heterocycles. The Morgan fingerprint density at radius 1 is 1.20 bits per heavy atom. The van der Waals surface area contributed by atoms with Crippen molar-refractivity contribution in [2.24, 2.45) is 5.92 Å². The maximum atomic E-state index is 13.3. The molecule has 2 aromatic heterocycles. The van der Waals surface area contributed by atoms with Crippen LogP contribution in [-0.2, 0) is 40.2 Å². The van der Waals surface area contributed by atoms with E-state index in [2.05, 4.69) is 11.8 Å². The molecule has 1 fully saturated rings. The quantitative estimate of drug-likeness (QED) is 0.635. The standard InChI is InChI=1S/C21H29N3O5S/c1-3-29-17(25)13-24-19(26)18-15-12-14(2)4-5-16(15)30-20(18)23(21(24)27)7-6-22-8-10-28-11-9-22/h14H,3-13H2,1-2H3. The minimum atomic E-state index is -0.562. The van der Waals surface area contributed by atoms with Crippen LogP contribution < -0.4 is 11.2 Å². The highest BCUT2D eigenvalue weighted by Gasteiger charge is 2.26. The van der Waals surface area contributed by atoms with Crippen molar-refractivity contribution >= 4 is 27.5 Å². The van der Waals surface area contributed by atoms with Gasteiger partial charge in [-0.1, -0.05) is 6.92 Å². The molecule has 0 N–H and O–H groups in total. The van der Waals surface area contributed by atoms with Crippen molar-refractivity contribution in [2.45, 2.75) is 46.2 Å². The van der Waals surface area contributed by atoms with E-state index >= 15 is 0 Å². The van der Waals surface area contributed by atoms with Crippen LogP contribution in [0, 0.1) is 5.92 Å². The molecule has 0 radical (unpaired) electrons. The maximum absolute atomic E-state index is 13.3. The first-order valence-corrected chi connectivity index (χ1v) is 11.5. The van der Waals surface area contributed by atoms with E-state index in [1.165, 1.54) is 4.88 Å².